The molecule has 1 aromatic carbocycles. The highest BCUT2D eigenvalue weighted by atomic mass is 16.2. The number of anilines is 1. The van der Waals surface area contributed by atoms with Crippen molar-refractivity contribution in [3.8, 4) is 5.69 Å². The first kappa shape index (κ1) is 14.0. The highest BCUT2D eigenvalue weighted by molar-refractivity contribution is 5.94. The van der Waals surface area contributed by atoms with Gasteiger partial charge in [0.1, 0.15) is 12.4 Å². The van der Waals surface area contributed by atoms with Gasteiger partial charge in [0.15, 0.2) is 0 Å². The van der Waals surface area contributed by atoms with Crippen molar-refractivity contribution in [1.29, 1.82) is 0 Å². The van der Waals surface area contributed by atoms with Crippen LogP contribution in [-0.4, -0.2) is 44.7 Å². The third kappa shape index (κ3) is 3.19. The zero-order valence-corrected chi connectivity index (χ0v) is 11.7. The van der Waals surface area contributed by atoms with Gasteiger partial charge in [0.25, 0.3) is 0 Å². The molecular formula is C13H15N7O2. The molecule has 1 atom stereocenters. The Hall–Kier alpha value is -2.97. The summed E-state index contributed by atoms with van der Waals surface area (Å²) in [5, 5.41) is 19.0. The van der Waals surface area contributed by atoms with Crippen molar-refractivity contribution in [3.05, 3.63) is 30.6 Å². The maximum atomic E-state index is 12.0. The number of hydrogen-bond acceptors (Lipinski definition) is 5. The molecule has 3 rings (SSSR count). The highest BCUT2D eigenvalue weighted by Gasteiger charge is 2.23. The highest BCUT2D eigenvalue weighted by Crippen LogP contribution is 2.13. The SMILES string of the molecule is O=C(Nc1cccc(-n2cnnn2)c1)N[C@H]1CCCNC1=O. The van der Waals surface area contributed by atoms with Gasteiger partial charge in [-0.25, -0.2) is 9.48 Å². The van der Waals surface area contributed by atoms with Crippen molar-refractivity contribution < 1.29 is 9.59 Å². The van der Waals surface area contributed by atoms with Crippen molar-refractivity contribution in [2.45, 2.75) is 18.9 Å². The summed E-state index contributed by atoms with van der Waals surface area (Å²) in [5.74, 6) is -0.149. The van der Waals surface area contributed by atoms with Crippen LogP contribution in [0, 0.1) is 0 Å². The molecule has 0 spiro atoms. The topological polar surface area (TPSA) is 114 Å². The molecule has 2 heterocycles. The summed E-state index contributed by atoms with van der Waals surface area (Å²) in [5.41, 5.74) is 1.31. The first-order valence-corrected chi connectivity index (χ1v) is 6.91. The second-order valence-electron chi connectivity index (χ2n) is 4.89. The molecule has 1 aliphatic heterocycles. The second kappa shape index (κ2) is 6.20. The molecule has 2 aromatic rings. The predicted octanol–water partition coefficient (Wildman–Crippen LogP) is 0.0624. The lowest BCUT2D eigenvalue weighted by atomic mass is 10.1. The molecule has 0 bridgehead atoms. The molecule has 9 nitrogen and oxygen atoms in total. The van der Waals surface area contributed by atoms with Gasteiger partial charge in [0.2, 0.25) is 5.91 Å². The van der Waals surface area contributed by atoms with E-state index >= 15 is 0 Å². The summed E-state index contributed by atoms with van der Waals surface area (Å²) >= 11 is 0. The van der Waals surface area contributed by atoms with Crippen LogP contribution in [-0.2, 0) is 4.79 Å². The van der Waals surface area contributed by atoms with Gasteiger partial charge in [-0.15, -0.1) is 5.10 Å². The number of benzene rings is 1. The van der Waals surface area contributed by atoms with Crippen molar-refractivity contribution in [2.24, 2.45) is 0 Å². The Balaban J connectivity index is 1.64. The Labute approximate surface area is 126 Å². The Morgan fingerprint density at radius 1 is 1.41 bits per heavy atom. The van der Waals surface area contributed by atoms with Crippen molar-refractivity contribution in [3.63, 3.8) is 0 Å². The normalized spacial score (nSPS) is 17.6. The molecule has 0 unspecified atom stereocenters. The van der Waals surface area contributed by atoms with Crippen LogP contribution >= 0.6 is 0 Å². The Morgan fingerprint density at radius 3 is 3.09 bits per heavy atom. The number of carbonyl (C=O) groups excluding carboxylic acids is 2. The maximum Gasteiger partial charge on any atom is 0.319 e. The average molecular weight is 301 g/mol. The van der Waals surface area contributed by atoms with Crippen molar-refractivity contribution in [1.82, 2.24) is 30.8 Å². The Morgan fingerprint density at radius 2 is 2.32 bits per heavy atom. The number of nitrogens with zero attached hydrogens (tertiary/aromatic N) is 4. The predicted molar refractivity (Wildman–Crippen MR) is 77.3 cm³/mol. The molecule has 3 N–H and O–H groups in total. The molecular weight excluding hydrogens is 286 g/mol. The number of aromatic nitrogens is 4. The number of amides is 3. The lowest BCUT2D eigenvalue weighted by Gasteiger charge is -2.22. The van der Waals surface area contributed by atoms with Gasteiger partial charge >= 0.3 is 6.03 Å². The zero-order chi connectivity index (χ0) is 15.4. The molecule has 0 saturated carbocycles. The molecule has 22 heavy (non-hydrogen) atoms. The molecule has 0 aliphatic carbocycles. The number of rotatable bonds is 3. The van der Waals surface area contributed by atoms with Gasteiger partial charge in [0, 0.05) is 12.2 Å². The number of piperidine rings is 1. The monoisotopic (exact) mass is 301 g/mol. The Bertz CT molecular complexity index is 671. The van der Waals surface area contributed by atoms with E-state index in [-0.39, 0.29) is 5.91 Å². The fourth-order valence-corrected chi connectivity index (χ4v) is 2.24. The van der Waals surface area contributed by atoms with Gasteiger partial charge in [0.05, 0.1) is 5.69 Å². The van der Waals surface area contributed by atoms with E-state index in [9.17, 15) is 9.59 Å². The van der Waals surface area contributed by atoms with Crippen LogP contribution in [0.4, 0.5) is 10.5 Å². The van der Waals surface area contributed by atoms with E-state index in [1.165, 1.54) is 11.0 Å². The molecule has 1 aromatic heterocycles. The maximum absolute atomic E-state index is 12.0. The van der Waals surface area contributed by atoms with E-state index in [1.54, 1.807) is 18.2 Å². The number of nitrogens with one attached hydrogen (secondary N) is 3. The lowest BCUT2D eigenvalue weighted by Crippen LogP contribution is -2.51. The van der Waals surface area contributed by atoms with Gasteiger partial charge < -0.3 is 16.0 Å². The first-order chi connectivity index (χ1) is 10.7. The Kier molecular flexibility index (Phi) is 3.95. The van der Waals surface area contributed by atoms with E-state index in [1.807, 2.05) is 6.07 Å². The van der Waals surface area contributed by atoms with E-state index in [2.05, 4.69) is 31.5 Å². The third-order valence-electron chi connectivity index (χ3n) is 3.31. The molecule has 1 fully saturated rings. The molecule has 3 amide bonds. The van der Waals surface area contributed by atoms with E-state index in [0.717, 1.165) is 12.1 Å². The summed E-state index contributed by atoms with van der Waals surface area (Å²) in [7, 11) is 0. The second-order valence-corrected chi connectivity index (χ2v) is 4.89. The van der Waals surface area contributed by atoms with Gasteiger partial charge in [-0.1, -0.05) is 6.07 Å². The number of hydrogen-bond donors (Lipinski definition) is 3. The van der Waals surface area contributed by atoms with Crippen LogP contribution in [0.5, 0.6) is 0 Å². The molecule has 114 valence electrons. The summed E-state index contributed by atoms with van der Waals surface area (Å²) in [6, 6.07) is 6.16. The van der Waals surface area contributed by atoms with Gasteiger partial charge in [-0.05, 0) is 41.5 Å². The first-order valence-electron chi connectivity index (χ1n) is 6.91. The minimum absolute atomic E-state index is 0.149. The summed E-state index contributed by atoms with van der Waals surface area (Å²) in [4.78, 5) is 23.6. The summed E-state index contributed by atoms with van der Waals surface area (Å²) < 4.78 is 1.48. The van der Waals surface area contributed by atoms with Crippen LogP contribution in [0.2, 0.25) is 0 Å². The van der Waals surface area contributed by atoms with Crippen LogP contribution in [0.15, 0.2) is 30.6 Å². The minimum Gasteiger partial charge on any atom is -0.354 e. The summed E-state index contributed by atoms with van der Waals surface area (Å²) in [6.45, 7) is 0.659. The number of urea groups is 1. The standard InChI is InChI=1S/C13H15N7O2/c21-12-11(5-2-6-14-12)17-13(22)16-9-3-1-4-10(7-9)20-8-15-18-19-20/h1,3-4,7-8,11H,2,5-6H2,(H,14,21)(H2,16,17,22)/t11-/m0/s1. The smallest absolute Gasteiger partial charge is 0.319 e. The minimum atomic E-state index is -0.489. The average Bonchev–Trinajstić information content (AvgIpc) is 3.04. The fraction of sp³-hybridized carbons (Fsp3) is 0.308. The molecule has 0 radical (unpaired) electrons. The molecule has 1 aliphatic rings. The third-order valence-corrected chi connectivity index (χ3v) is 3.31. The van der Waals surface area contributed by atoms with Crippen molar-refractivity contribution in [2.75, 3.05) is 11.9 Å². The van der Waals surface area contributed by atoms with E-state index in [0.29, 0.717) is 18.7 Å². The van der Waals surface area contributed by atoms with Crippen LogP contribution in [0.25, 0.3) is 5.69 Å². The van der Waals surface area contributed by atoms with Gasteiger partial charge in [-0.2, -0.15) is 0 Å². The van der Waals surface area contributed by atoms with E-state index < -0.39 is 12.1 Å². The largest absolute Gasteiger partial charge is 0.354 e. The van der Waals surface area contributed by atoms with Crippen molar-refractivity contribution >= 4 is 17.6 Å². The lowest BCUT2D eigenvalue weighted by molar-refractivity contribution is -0.124. The number of carbonyl (C=O) groups is 2. The number of tetrazole rings is 1. The fourth-order valence-electron chi connectivity index (χ4n) is 2.24. The van der Waals surface area contributed by atoms with Gasteiger partial charge in [-0.3, -0.25) is 4.79 Å². The quantitative estimate of drug-likeness (QED) is 0.742. The van der Waals surface area contributed by atoms with Crippen LogP contribution in [0.3, 0.4) is 0 Å². The zero-order valence-electron chi connectivity index (χ0n) is 11.7. The molecule has 1 saturated heterocycles. The summed E-state index contributed by atoms with van der Waals surface area (Å²) in [6.07, 6.45) is 2.96. The van der Waals surface area contributed by atoms with Crippen LogP contribution in [0.1, 0.15) is 12.8 Å². The van der Waals surface area contributed by atoms with E-state index in [4.69, 9.17) is 0 Å². The van der Waals surface area contributed by atoms with Crippen LogP contribution < -0.4 is 16.0 Å². The molecule has 9 heteroatoms.